The fourth-order valence-electron chi connectivity index (χ4n) is 2.97. The lowest BCUT2D eigenvalue weighted by molar-refractivity contribution is 0.0949. The number of H-pyrrole nitrogens is 1. The number of benzene rings is 1. The lowest BCUT2D eigenvalue weighted by Gasteiger charge is -2.14. The van der Waals surface area contributed by atoms with Gasteiger partial charge in [-0.2, -0.15) is 0 Å². The van der Waals surface area contributed by atoms with Gasteiger partial charge in [0.2, 0.25) is 0 Å². The minimum absolute atomic E-state index is 0.00887. The third-order valence-electron chi connectivity index (χ3n) is 4.38. The van der Waals surface area contributed by atoms with Crippen LogP contribution in [0.15, 0.2) is 64.0 Å². The average Bonchev–Trinajstić information content (AvgIpc) is 3.38. The number of carbonyl (C=O) groups is 2. The predicted octanol–water partition coefficient (Wildman–Crippen LogP) is 2.52. The second-order valence-electron chi connectivity index (χ2n) is 6.21. The van der Waals surface area contributed by atoms with Crippen molar-refractivity contribution in [2.24, 2.45) is 0 Å². The topological polar surface area (TPSA) is 105 Å². The molecule has 8 heteroatoms. The molecule has 2 N–H and O–H groups in total. The Labute approximate surface area is 159 Å². The number of hydrogen-bond acceptors (Lipinski definition) is 5. The molecule has 3 heterocycles. The zero-order valence-electron chi connectivity index (χ0n) is 14.8. The zero-order chi connectivity index (χ0) is 19.5. The van der Waals surface area contributed by atoms with E-state index in [1.165, 1.54) is 17.2 Å². The minimum atomic E-state index is -0.500. The van der Waals surface area contributed by atoms with Gasteiger partial charge < -0.3 is 19.5 Å². The maximum absolute atomic E-state index is 12.4. The highest BCUT2D eigenvalue weighted by molar-refractivity contribution is 5.94. The molecule has 3 aromatic rings. The van der Waals surface area contributed by atoms with E-state index in [0.29, 0.717) is 30.3 Å². The van der Waals surface area contributed by atoms with Crippen molar-refractivity contribution in [2.75, 3.05) is 18.1 Å². The number of furan rings is 1. The van der Waals surface area contributed by atoms with E-state index in [-0.39, 0.29) is 18.2 Å². The van der Waals surface area contributed by atoms with Crippen LogP contribution in [0.3, 0.4) is 0 Å². The van der Waals surface area contributed by atoms with Gasteiger partial charge in [-0.25, -0.2) is 4.79 Å². The number of rotatable bonds is 5. The van der Waals surface area contributed by atoms with Crippen LogP contribution < -0.4 is 15.8 Å². The Bertz CT molecular complexity index is 1070. The summed E-state index contributed by atoms with van der Waals surface area (Å²) in [7, 11) is 0. The second kappa shape index (κ2) is 7.43. The molecule has 0 unspecified atom stereocenters. The number of amides is 2. The number of aromatic nitrogens is 1. The molecule has 4 rings (SSSR count). The molecular weight excluding hydrogens is 362 g/mol. The minimum Gasteiger partial charge on any atom is -0.463 e. The highest BCUT2D eigenvalue weighted by Gasteiger charge is 2.23. The normalized spacial score (nSPS) is 13.4. The van der Waals surface area contributed by atoms with Gasteiger partial charge in [0.15, 0.2) is 0 Å². The number of anilines is 1. The van der Waals surface area contributed by atoms with Gasteiger partial charge in [0, 0.05) is 12.2 Å². The molecule has 1 aliphatic heterocycles. The second-order valence-corrected chi connectivity index (χ2v) is 6.21. The van der Waals surface area contributed by atoms with Gasteiger partial charge in [-0.1, -0.05) is 12.1 Å². The van der Waals surface area contributed by atoms with E-state index < -0.39 is 11.5 Å². The Morgan fingerprint density at radius 1 is 1.14 bits per heavy atom. The van der Waals surface area contributed by atoms with Crippen molar-refractivity contribution >= 4 is 17.7 Å². The number of ether oxygens (including phenoxy) is 1. The Morgan fingerprint density at radius 3 is 2.75 bits per heavy atom. The molecule has 0 spiro atoms. The van der Waals surface area contributed by atoms with Crippen molar-refractivity contribution in [3.8, 4) is 11.5 Å². The van der Waals surface area contributed by atoms with Crippen LogP contribution in [0.4, 0.5) is 10.5 Å². The van der Waals surface area contributed by atoms with E-state index in [0.717, 1.165) is 5.56 Å². The lowest BCUT2D eigenvalue weighted by atomic mass is 10.1. The predicted molar refractivity (Wildman–Crippen MR) is 101 cm³/mol. The molecule has 1 fully saturated rings. The van der Waals surface area contributed by atoms with E-state index in [1.807, 2.05) is 6.07 Å². The Morgan fingerprint density at radius 2 is 2.04 bits per heavy atom. The third kappa shape index (κ3) is 3.52. The van der Waals surface area contributed by atoms with Gasteiger partial charge in [-0.05, 0) is 42.0 Å². The number of hydrogen-bond donors (Lipinski definition) is 2. The van der Waals surface area contributed by atoms with Crippen LogP contribution in [0.2, 0.25) is 0 Å². The summed E-state index contributed by atoms with van der Waals surface area (Å²) in [6, 6.07) is 13.7. The average molecular weight is 379 g/mol. The summed E-state index contributed by atoms with van der Waals surface area (Å²) in [5.41, 5.74) is 1.51. The number of carbonyl (C=O) groups excluding carboxylic acids is 2. The van der Waals surface area contributed by atoms with Gasteiger partial charge in [0.25, 0.3) is 11.5 Å². The molecule has 0 radical (unpaired) electrons. The molecule has 142 valence electrons. The maximum Gasteiger partial charge on any atom is 0.414 e. The highest BCUT2D eigenvalue weighted by atomic mass is 16.6. The first-order valence-corrected chi connectivity index (χ1v) is 8.70. The van der Waals surface area contributed by atoms with Crippen molar-refractivity contribution in [3.05, 3.63) is 76.3 Å². The quantitative estimate of drug-likeness (QED) is 0.709. The molecule has 1 aromatic carbocycles. The van der Waals surface area contributed by atoms with Crippen molar-refractivity contribution in [2.45, 2.75) is 6.54 Å². The Balaban J connectivity index is 1.45. The molecule has 0 atom stereocenters. The van der Waals surface area contributed by atoms with Crippen molar-refractivity contribution in [3.63, 3.8) is 0 Å². The first-order valence-electron chi connectivity index (χ1n) is 8.70. The third-order valence-corrected chi connectivity index (χ3v) is 4.38. The molecule has 0 aliphatic carbocycles. The molecular formula is C20H17N3O5. The number of pyridine rings is 1. The molecule has 0 bridgehead atoms. The highest BCUT2D eigenvalue weighted by Crippen LogP contribution is 2.20. The van der Waals surface area contributed by atoms with Crippen LogP contribution in [0.1, 0.15) is 15.9 Å². The monoisotopic (exact) mass is 379 g/mol. The van der Waals surface area contributed by atoms with E-state index in [2.05, 4.69) is 10.3 Å². The summed E-state index contributed by atoms with van der Waals surface area (Å²) in [6.07, 6.45) is 1.12. The number of cyclic esters (lactones) is 1. The largest absolute Gasteiger partial charge is 0.463 e. The SMILES string of the molecule is O=C(NCc1cccc(N2CCOC2=O)c1)c1ccc(-c2ccco2)[nH]c1=O. The van der Waals surface area contributed by atoms with Crippen LogP contribution >= 0.6 is 0 Å². The summed E-state index contributed by atoms with van der Waals surface area (Å²) in [5.74, 6) is 0.0274. The van der Waals surface area contributed by atoms with Gasteiger partial charge in [0.05, 0.1) is 18.5 Å². The summed E-state index contributed by atoms with van der Waals surface area (Å²) >= 11 is 0. The maximum atomic E-state index is 12.4. The summed E-state index contributed by atoms with van der Waals surface area (Å²) in [4.78, 5) is 40.5. The van der Waals surface area contributed by atoms with Crippen LogP contribution in [0.25, 0.3) is 11.5 Å². The van der Waals surface area contributed by atoms with Crippen molar-refractivity contribution < 1.29 is 18.7 Å². The molecule has 8 nitrogen and oxygen atoms in total. The molecule has 2 aromatic heterocycles. The van der Waals surface area contributed by atoms with Crippen LogP contribution in [-0.4, -0.2) is 30.1 Å². The summed E-state index contributed by atoms with van der Waals surface area (Å²) in [6.45, 7) is 1.07. The fraction of sp³-hybridized carbons (Fsp3) is 0.150. The molecule has 1 saturated heterocycles. The van der Waals surface area contributed by atoms with E-state index in [1.54, 1.807) is 36.4 Å². The van der Waals surface area contributed by atoms with E-state index >= 15 is 0 Å². The fourth-order valence-corrected chi connectivity index (χ4v) is 2.97. The number of aromatic amines is 1. The van der Waals surface area contributed by atoms with Crippen LogP contribution in [0.5, 0.6) is 0 Å². The summed E-state index contributed by atoms with van der Waals surface area (Å²) < 4.78 is 10.2. The number of nitrogens with one attached hydrogen (secondary N) is 2. The van der Waals surface area contributed by atoms with Gasteiger partial charge in [0.1, 0.15) is 17.9 Å². The molecule has 28 heavy (non-hydrogen) atoms. The standard InChI is InChI=1S/C20H17N3O5/c24-18(15-6-7-16(22-19(15)25)17-5-2-9-27-17)21-12-13-3-1-4-14(11-13)23-8-10-28-20(23)26/h1-7,9,11H,8,10,12H2,(H,21,24)(H,22,25). The van der Waals surface area contributed by atoms with E-state index in [4.69, 9.17) is 9.15 Å². The molecule has 1 aliphatic rings. The van der Waals surface area contributed by atoms with Crippen LogP contribution in [0, 0.1) is 0 Å². The van der Waals surface area contributed by atoms with Gasteiger partial charge in [-0.3, -0.25) is 14.5 Å². The Hall–Kier alpha value is -3.81. The van der Waals surface area contributed by atoms with Gasteiger partial charge in [-0.15, -0.1) is 0 Å². The summed E-state index contributed by atoms with van der Waals surface area (Å²) in [5, 5.41) is 2.72. The zero-order valence-corrected chi connectivity index (χ0v) is 14.8. The first-order chi connectivity index (χ1) is 13.6. The van der Waals surface area contributed by atoms with Crippen LogP contribution in [-0.2, 0) is 11.3 Å². The van der Waals surface area contributed by atoms with Gasteiger partial charge >= 0.3 is 6.09 Å². The lowest BCUT2D eigenvalue weighted by Crippen LogP contribution is -2.29. The molecule has 0 saturated carbocycles. The number of nitrogens with zero attached hydrogens (tertiary/aromatic N) is 1. The van der Waals surface area contributed by atoms with Crippen molar-refractivity contribution in [1.82, 2.24) is 10.3 Å². The smallest absolute Gasteiger partial charge is 0.414 e. The van der Waals surface area contributed by atoms with E-state index in [9.17, 15) is 14.4 Å². The first kappa shape index (κ1) is 17.6. The Kier molecular flexibility index (Phi) is 4.67. The van der Waals surface area contributed by atoms with Crippen molar-refractivity contribution in [1.29, 1.82) is 0 Å². The molecule has 2 amide bonds.